The summed E-state index contributed by atoms with van der Waals surface area (Å²) in [7, 11) is 0. The second-order valence-corrected chi connectivity index (χ2v) is 5.14. The number of likely N-dealkylation sites (tertiary alicyclic amines) is 1. The molecule has 7 nitrogen and oxygen atoms in total. The lowest BCUT2D eigenvalue weighted by Gasteiger charge is -2.25. The molecule has 0 aromatic carbocycles. The van der Waals surface area contributed by atoms with Crippen molar-refractivity contribution in [3.63, 3.8) is 0 Å². The molecule has 0 spiro atoms. The Labute approximate surface area is 111 Å². The van der Waals surface area contributed by atoms with Gasteiger partial charge in [0.1, 0.15) is 6.04 Å². The van der Waals surface area contributed by atoms with Crippen LogP contribution in [0.4, 0.5) is 4.79 Å². The van der Waals surface area contributed by atoms with Crippen molar-refractivity contribution in [1.29, 1.82) is 0 Å². The zero-order valence-corrected chi connectivity index (χ0v) is 10.7. The molecule has 0 radical (unpaired) electrons. The third kappa shape index (κ3) is 3.57. The molecule has 108 valence electrons. The van der Waals surface area contributed by atoms with Gasteiger partial charge in [-0.15, -0.1) is 0 Å². The summed E-state index contributed by atoms with van der Waals surface area (Å²) in [6, 6.07) is -1.33. The van der Waals surface area contributed by atoms with Crippen LogP contribution in [-0.2, 0) is 9.53 Å². The summed E-state index contributed by atoms with van der Waals surface area (Å²) in [5, 5.41) is 21.3. The van der Waals surface area contributed by atoms with Crippen molar-refractivity contribution in [3.8, 4) is 0 Å². The van der Waals surface area contributed by atoms with E-state index in [1.165, 1.54) is 4.90 Å². The Morgan fingerprint density at radius 3 is 2.63 bits per heavy atom. The highest BCUT2D eigenvalue weighted by Gasteiger charge is 2.39. The van der Waals surface area contributed by atoms with Gasteiger partial charge in [-0.2, -0.15) is 0 Å². The first-order valence-corrected chi connectivity index (χ1v) is 6.61. The van der Waals surface area contributed by atoms with Crippen LogP contribution in [0.1, 0.15) is 19.3 Å². The maximum absolute atomic E-state index is 12.0. The van der Waals surface area contributed by atoms with E-state index >= 15 is 0 Å². The zero-order chi connectivity index (χ0) is 13.8. The number of rotatable bonds is 3. The van der Waals surface area contributed by atoms with E-state index in [1.807, 2.05) is 0 Å². The van der Waals surface area contributed by atoms with E-state index in [4.69, 9.17) is 9.84 Å². The fourth-order valence-electron chi connectivity index (χ4n) is 2.56. The number of amides is 2. The molecule has 3 N–H and O–H groups in total. The van der Waals surface area contributed by atoms with E-state index in [2.05, 4.69) is 5.32 Å². The molecule has 0 aliphatic carbocycles. The van der Waals surface area contributed by atoms with Crippen LogP contribution in [0.15, 0.2) is 0 Å². The molecule has 7 heteroatoms. The summed E-state index contributed by atoms with van der Waals surface area (Å²) >= 11 is 0. The van der Waals surface area contributed by atoms with E-state index in [0.29, 0.717) is 25.7 Å². The minimum Gasteiger partial charge on any atom is -0.480 e. The number of carbonyl (C=O) groups is 2. The smallest absolute Gasteiger partial charge is 0.326 e. The molecule has 2 amide bonds. The predicted octanol–water partition coefficient (Wildman–Crippen LogP) is -0.358. The molecule has 0 saturated carbocycles. The first-order valence-electron chi connectivity index (χ1n) is 6.61. The molecular weight excluding hydrogens is 252 g/mol. The summed E-state index contributed by atoms with van der Waals surface area (Å²) in [5.41, 5.74) is 0. The average Bonchev–Trinajstić information content (AvgIpc) is 2.79. The van der Waals surface area contributed by atoms with Gasteiger partial charge in [0.2, 0.25) is 0 Å². The molecular formula is C12H20N2O5. The summed E-state index contributed by atoms with van der Waals surface area (Å²) in [6.45, 7) is 2.03. The maximum Gasteiger partial charge on any atom is 0.326 e. The van der Waals surface area contributed by atoms with Gasteiger partial charge in [0.15, 0.2) is 0 Å². The number of aliphatic carboxylic acids is 1. The minimum absolute atomic E-state index is 0.0799. The van der Waals surface area contributed by atoms with Crippen LogP contribution in [0.3, 0.4) is 0 Å². The first kappa shape index (κ1) is 14.1. The Kier molecular flexibility index (Phi) is 4.60. The topological polar surface area (TPSA) is 99.1 Å². The van der Waals surface area contributed by atoms with Gasteiger partial charge in [-0.05, 0) is 18.8 Å². The fraction of sp³-hybridized carbons (Fsp3) is 0.833. The van der Waals surface area contributed by atoms with Gasteiger partial charge < -0.3 is 25.2 Å². The molecule has 2 heterocycles. The molecule has 0 unspecified atom stereocenters. The molecule has 2 aliphatic heterocycles. The van der Waals surface area contributed by atoms with Gasteiger partial charge in [-0.3, -0.25) is 0 Å². The van der Waals surface area contributed by atoms with Crippen molar-refractivity contribution in [1.82, 2.24) is 10.2 Å². The number of nitrogens with one attached hydrogen (secondary N) is 1. The van der Waals surface area contributed by atoms with Crippen molar-refractivity contribution in [2.75, 3.05) is 26.3 Å². The van der Waals surface area contributed by atoms with Crippen molar-refractivity contribution < 1.29 is 24.5 Å². The standard InChI is InChI=1S/C12H20N2O5/c15-9-5-10(11(16)17)14(7-9)12(18)13-6-8-1-3-19-4-2-8/h8-10,15H,1-7H2,(H,13,18)(H,16,17)/t9-,10-/m1/s1. The Morgan fingerprint density at radius 2 is 2.00 bits per heavy atom. The molecule has 2 saturated heterocycles. The van der Waals surface area contributed by atoms with Crippen molar-refractivity contribution >= 4 is 12.0 Å². The molecule has 19 heavy (non-hydrogen) atoms. The first-order chi connectivity index (χ1) is 9.08. The number of urea groups is 1. The third-order valence-corrected chi connectivity index (χ3v) is 3.71. The molecule has 0 bridgehead atoms. The monoisotopic (exact) mass is 272 g/mol. The number of hydrogen-bond acceptors (Lipinski definition) is 4. The lowest BCUT2D eigenvalue weighted by molar-refractivity contribution is -0.141. The zero-order valence-electron chi connectivity index (χ0n) is 10.7. The number of carbonyl (C=O) groups excluding carboxylic acids is 1. The van der Waals surface area contributed by atoms with Gasteiger partial charge in [-0.25, -0.2) is 9.59 Å². The van der Waals surface area contributed by atoms with E-state index in [-0.39, 0.29) is 13.0 Å². The van der Waals surface area contributed by atoms with Crippen LogP contribution in [0.2, 0.25) is 0 Å². The van der Waals surface area contributed by atoms with Crippen LogP contribution in [0.25, 0.3) is 0 Å². The number of aliphatic hydroxyl groups is 1. The number of carboxylic acid groups (broad SMARTS) is 1. The molecule has 0 aromatic heterocycles. The SMILES string of the molecule is O=C(O)[C@H]1C[C@@H](O)CN1C(=O)NCC1CCOCC1. The second-order valence-electron chi connectivity index (χ2n) is 5.14. The third-order valence-electron chi connectivity index (χ3n) is 3.71. The highest BCUT2D eigenvalue weighted by atomic mass is 16.5. The lowest BCUT2D eigenvalue weighted by Crippen LogP contribution is -2.47. The van der Waals surface area contributed by atoms with Gasteiger partial charge in [-0.1, -0.05) is 0 Å². The highest BCUT2D eigenvalue weighted by Crippen LogP contribution is 2.19. The Hall–Kier alpha value is -1.34. The average molecular weight is 272 g/mol. The predicted molar refractivity (Wildman–Crippen MR) is 65.7 cm³/mol. The quantitative estimate of drug-likeness (QED) is 0.652. The Balaban J connectivity index is 1.82. The van der Waals surface area contributed by atoms with E-state index in [0.717, 1.165) is 12.8 Å². The van der Waals surface area contributed by atoms with Crippen LogP contribution in [0, 0.1) is 5.92 Å². The summed E-state index contributed by atoms with van der Waals surface area (Å²) < 4.78 is 5.23. The lowest BCUT2D eigenvalue weighted by atomic mass is 10.0. The number of β-amino-alcohol motifs (C(OH)–C–C–N with tert-alkyl or cyclic N) is 1. The number of aliphatic hydroxyl groups excluding tert-OH is 1. The minimum atomic E-state index is -1.07. The Bertz CT molecular complexity index is 343. The highest BCUT2D eigenvalue weighted by molar-refractivity contribution is 5.83. The van der Waals surface area contributed by atoms with Crippen LogP contribution >= 0.6 is 0 Å². The number of ether oxygens (including phenoxy) is 1. The van der Waals surface area contributed by atoms with Crippen LogP contribution < -0.4 is 5.32 Å². The van der Waals surface area contributed by atoms with Gasteiger partial charge in [0, 0.05) is 32.7 Å². The Morgan fingerprint density at radius 1 is 1.32 bits per heavy atom. The van der Waals surface area contributed by atoms with Crippen LogP contribution in [0.5, 0.6) is 0 Å². The van der Waals surface area contributed by atoms with Gasteiger partial charge >= 0.3 is 12.0 Å². The normalized spacial score (nSPS) is 28.4. The number of hydrogen-bond donors (Lipinski definition) is 3. The van der Waals surface area contributed by atoms with Crippen LogP contribution in [-0.4, -0.2) is 65.6 Å². The van der Waals surface area contributed by atoms with E-state index in [1.54, 1.807) is 0 Å². The summed E-state index contributed by atoms with van der Waals surface area (Å²) in [6.07, 6.45) is 1.16. The van der Waals surface area contributed by atoms with E-state index < -0.39 is 24.1 Å². The molecule has 2 fully saturated rings. The fourth-order valence-corrected chi connectivity index (χ4v) is 2.56. The maximum atomic E-state index is 12.0. The molecule has 0 aromatic rings. The van der Waals surface area contributed by atoms with Crippen molar-refractivity contribution in [2.24, 2.45) is 5.92 Å². The molecule has 2 aliphatic rings. The molecule has 2 atom stereocenters. The van der Waals surface area contributed by atoms with E-state index in [9.17, 15) is 14.7 Å². The number of nitrogens with zero attached hydrogens (tertiary/aromatic N) is 1. The summed E-state index contributed by atoms with van der Waals surface area (Å²) in [5.74, 6) is -0.689. The van der Waals surface area contributed by atoms with Gasteiger partial charge in [0.05, 0.1) is 6.10 Å². The largest absolute Gasteiger partial charge is 0.480 e. The molecule has 2 rings (SSSR count). The second kappa shape index (κ2) is 6.21. The van der Waals surface area contributed by atoms with Crippen molar-refractivity contribution in [3.05, 3.63) is 0 Å². The number of carboxylic acids is 1. The van der Waals surface area contributed by atoms with Gasteiger partial charge in [0.25, 0.3) is 0 Å². The summed E-state index contributed by atoms with van der Waals surface area (Å²) in [4.78, 5) is 24.2. The van der Waals surface area contributed by atoms with Crippen molar-refractivity contribution in [2.45, 2.75) is 31.4 Å².